The van der Waals surface area contributed by atoms with E-state index >= 15 is 0 Å². The monoisotopic (exact) mass is 1070 g/mol. The average Bonchev–Trinajstić information content (AvgIpc) is 3.00. The van der Waals surface area contributed by atoms with Crippen LogP contribution in [0.2, 0.25) is 0 Å². The summed E-state index contributed by atoms with van der Waals surface area (Å²) in [6.45, 7) is 29.9. The SMILES string of the molecule is Bc1c(B)c(B)c(N(c2ccccc2)c2cc3c4c(c2)N(c2cccc5oc6ccccc6c25)c2cc5c(cc2B4c2cc4c(cc2N3c2ccc3c(c2)C(C)(C)CCC3(C)C)C(C)(C)CCC4(C)C)C(C)(C)CCC5(C)C)c(B)c1B. The number of hydrogen-bond acceptors (Lipinski definition) is 4. The second kappa shape index (κ2) is 17.7. The van der Waals surface area contributed by atoms with Crippen molar-refractivity contribution in [1.29, 1.82) is 0 Å². The number of para-hydroxylation sites is 2. The molecule has 0 spiro atoms. The van der Waals surface area contributed by atoms with Crippen LogP contribution < -0.4 is 58.4 Å². The number of furan rings is 1. The molecule has 4 nitrogen and oxygen atoms in total. The van der Waals surface area contributed by atoms with Crippen molar-refractivity contribution in [3.8, 4) is 0 Å². The molecule has 406 valence electrons. The minimum atomic E-state index is -0.0698. The summed E-state index contributed by atoms with van der Waals surface area (Å²) in [6, 6.07) is 50.3. The molecule has 9 aromatic rings. The van der Waals surface area contributed by atoms with Crippen molar-refractivity contribution in [1.82, 2.24) is 0 Å². The van der Waals surface area contributed by atoms with Gasteiger partial charge in [-0.3, -0.25) is 0 Å². The van der Waals surface area contributed by atoms with Crippen molar-refractivity contribution in [3.05, 3.63) is 161 Å². The molecule has 2 aliphatic heterocycles. The molecule has 1 aromatic heterocycles. The fraction of sp³-hybridized carbons (Fsp3) is 0.333. The first-order chi connectivity index (χ1) is 38.7. The molecule has 0 saturated heterocycles. The van der Waals surface area contributed by atoms with E-state index in [1.807, 2.05) is 0 Å². The number of fused-ring (bicyclic) bond motifs is 10. The lowest BCUT2D eigenvalue weighted by atomic mass is 9.32. The van der Waals surface area contributed by atoms with Crippen LogP contribution in [-0.4, -0.2) is 45.9 Å². The van der Waals surface area contributed by atoms with Gasteiger partial charge in [0.25, 0.3) is 6.71 Å². The number of rotatable bonds is 5. The van der Waals surface area contributed by atoms with Gasteiger partial charge in [-0.25, -0.2) is 0 Å². The number of hydrogen-bond donors (Lipinski definition) is 0. The Morgan fingerprint density at radius 2 is 0.841 bits per heavy atom. The fourth-order valence-electron chi connectivity index (χ4n) is 16.2. The summed E-state index contributed by atoms with van der Waals surface area (Å²) in [5.41, 5.74) is 32.4. The average molecular weight is 1070 g/mol. The van der Waals surface area contributed by atoms with E-state index in [0.29, 0.717) is 0 Å². The molecule has 0 atom stereocenters. The van der Waals surface area contributed by atoms with Gasteiger partial charge in [0, 0.05) is 45.2 Å². The van der Waals surface area contributed by atoms with Gasteiger partial charge in [-0.15, -0.1) is 5.46 Å². The van der Waals surface area contributed by atoms with Crippen LogP contribution >= 0.6 is 0 Å². The molecular formula is C72H79B6N3O. The van der Waals surface area contributed by atoms with Crippen LogP contribution in [0, 0.1) is 0 Å². The Hall–Kier alpha value is -6.65. The van der Waals surface area contributed by atoms with Crippen molar-refractivity contribution in [2.75, 3.05) is 14.7 Å². The van der Waals surface area contributed by atoms with Crippen LogP contribution in [-0.2, 0) is 32.5 Å². The molecule has 0 amide bonds. The van der Waals surface area contributed by atoms with Crippen molar-refractivity contribution in [3.63, 3.8) is 0 Å². The first-order valence-electron chi connectivity index (χ1n) is 30.8. The summed E-state index contributed by atoms with van der Waals surface area (Å²) >= 11 is 0. The number of nitrogens with zero attached hydrogens (tertiary/aromatic N) is 3. The van der Waals surface area contributed by atoms with Gasteiger partial charge < -0.3 is 19.1 Å². The summed E-state index contributed by atoms with van der Waals surface area (Å²) in [7, 11) is 11.7. The van der Waals surface area contributed by atoms with Crippen LogP contribution in [0.4, 0.5) is 51.2 Å². The lowest BCUT2D eigenvalue weighted by molar-refractivity contribution is 0.332. The molecule has 0 radical (unpaired) electrons. The van der Waals surface area contributed by atoms with Gasteiger partial charge in [-0.2, -0.15) is 0 Å². The molecule has 5 aliphatic rings. The Morgan fingerprint density at radius 1 is 0.390 bits per heavy atom. The number of anilines is 9. The standard InChI is InChI=1S/C72H79B6N3O/c1-67(2)27-28-68(3,4)45-33-41(25-26-44(45)67)80-53-38-48-46(69(5,6)29-31-71(48,9)10)36-50(53)78-51-37-47-49(72(11,12)32-30-70(47,7)8)39-54(51)81(52-22-18-24-58-59(52)43-21-16-17-23-57(43)82-58)56-35-42(34-55(80)65(56)78)79(40-19-14-13-15-20-40)66-63(76)61(74)60(73)62(75)64(66)77/h13-26,33-39H,27-32,73-77H2,1-12H3. The predicted octanol–water partition coefficient (Wildman–Crippen LogP) is 9.48. The van der Waals surface area contributed by atoms with E-state index in [1.54, 1.807) is 0 Å². The van der Waals surface area contributed by atoms with Crippen LogP contribution in [0.1, 0.15) is 155 Å². The van der Waals surface area contributed by atoms with E-state index < -0.39 is 0 Å². The third kappa shape index (κ3) is 7.63. The Balaban J connectivity index is 1.20. The molecular weight excluding hydrogens is 988 g/mol. The van der Waals surface area contributed by atoms with Crippen molar-refractivity contribution < 1.29 is 4.42 Å². The van der Waals surface area contributed by atoms with Gasteiger partial charge in [-0.1, -0.05) is 166 Å². The highest BCUT2D eigenvalue weighted by Gasteiger charge is 2.50. The highest BCUT2D eigenvalue weighted by atomic mass is 16.3. The number of benzene rings is 8. The van der Waals surface area contributed by atoms with E-state index in [-0.39, 0.29) is 39.2 Å². The summed E-state index contributed by atoms with van der Waals surface area (Å²) in [4.78, 5) is 8.07. The molecule has 0 saturated carbocycles. The molecule has 3 aliphatic carbocycles. The third-order valence-corrected chi connectivity index (χ3v) is 22.2. The quantitative estimate of drug-likeness (QED) is 0.161. The van der Waals surface area contributed by atoms with E-state index in [4.69, 9.17) is 4.42 Å². The van der Waals surface area contributed by atoms with Crippen LogP contribution in [0.3, 0.4) is 0 Å². The van der Waals surface area contributed by atoms with Crippen molar-refractivity contribution in [2.45, 2.75) is 154 Å². The molecule has 0 fully saturated rings. The molecule has 10 heteroatoms. The molecule has 3 heterocycles. The fourth-order valence-corrected chi connectivity index (χ4v) is 16.2. The van der Waals surface area contributed by atoms with Crippen molar-refractivity contribution >= 4 is 163 Å². The molecule has 0 unspecified atom stereocenters. The second-order valence-electron chi connectivity index (χ2n) is 29.8. The summed E-state index contributed by atoms with van der Waals surface area (Å²) in [6.07, 6.45) is 6.89. The zero-order valence-corrected chi connectivity index (χ0v) is 52.2. The van der Waals surface area contributed by atoms with Gasteiger partial charge >= 0.3 is 0 Å². The predicted molar refractivity (Wildman–Crippen MR) is 369 cm³/mol. The Labute approximate surface area is 494 Å². The summed E-state index contributed by atoms with van der Waals surface area (Å²) in [5, 5.41) is 2.27. The zero-order chi connectivity index (χ0) is 57.7. The lowest BCUT2D eigenvalue weighted by Gasteiger charge is -2.49. The first kappa shape index (κ1) is 53.4. The van der Waals surface area contributed by atoms with Crippen LogP contribution in [0.15, 0.2) is 132 Å². The van der Waals surface area contributed by atoms with Gasteiger partial charge in [0.1, 0.15) is 50.4 Å². The Morgan fingerprint density at radius 3 is 1.40 bits per heavy atom. The van der Waals surface area contributed by atoms with Gasteiger partial charge in [0.15, 0.2) is 0 Å². The van der Waals surface area contributed by atoms with Gasteiger partial charge in [0.2, 0.25) is 0 Å². The smallest absolute Gasteiger partial charge is 0.252 e. The van der Waals surface area contributed by atoms with Crippen LogP contribution in [0.5, 0.6) is 0 Å². The maximum absolute atomic E-state index is 6.87. The third-order valence-electron chi connectivity index (χ3n) is 22.2. The lowest BCUT2D eigenvalue weighted by Crippen LogP contribution is -2.62. The largest absolute Gasteiger partial charge is 0.456 e. The maximum atomic E-state index is 6.87. The minimum absolute atomic E-state index is 0.00130. The summed E-state index contributed by atoms with van der Waals surface area (Å²) in [5.74, 6) is 0. The Kier molecular flexibility index (Phi) is 11.5. The highest BCUT2D eigenvalue weighted by Crippen LogP contribution is 2.56. The highest BCUT2D eigenvalue weighted by molar-refractivity contribution is 7.00. The van der Waals surface area contributed by atoms with Gasteiger partial charge in [-0.05, 0) is 188 Å². The molecule has 0 N–H and O–H groups in total. The molecule has 0 bridgehead atoms. The normalized spacial score (nSPS) is 19.0. The first-order valence-corrected chi connectivity index (χ1v) is 30.8. The zero-order valence-electron chi connectivity index (χ0n) is 52.2. The Bertz CT molecular complexity index is 4190. The van der Waals surface area contributed by atoms with E-state index in [2.05, 4.69) is 264 Å². The second-order valence-corrected chi connectivity index (χ2v) is 29.8. The maximum Gasteiger partial charge on any atom is 0.252 e. The molecule has 8 aromatic carbocycles. The van der Waals surface area contributed by atoms with E-state index in [0.717, 1.165) is 71.1 Å². The topological polar surface area (TPSA) is 22.9 Å². The van der Waals surface area contributed by atoms with E-state index in [1.165, 1.54) is 118 Å². The molecule has 82 heavy (non-hydrogen) atoms. The molecule has 14 rings (SSSR count). The van der Waals surface area contributed by atoms with Crippen molar-refractivity contribution in [2.24, 2.45) is 0 Å². The van der Waals surface area contributed by atoms with Crippen LogP contribution in [0.25, 0.3) is 21.9 Å². The minimum Gasteiger partial charge on any atom is -0.456 e. The summed E-state index contributed by atoms with van der Waals surface area (Å²) < 4.78 is 6.87. The van der Waals surface area contributed by atoms with Gasteiger partial charge in [0.05, 0.1) is 16.8 Å². The van der Waals surface area contributed by atoms with E-state index in [9.17, 15) is 0 Å².